The van der Waals surface area contributed by atoms with Crippen molar-refractivity contribution >= 4 is 17.7 Å². The van der Waals surface area contributed by atoms with Crippen LogP contribution in [0.15, 0.2) is 0 Å². The molecule has 0 aliphatic heterocycles. The Bertz CT molecular complexity index is 294. The second-order valence-corrected chi connectivity index (χ2v) is 7.61. The first-order chi connectivity index (χ1) is 9.51. The summed E-state index contributed by atoms with van der Waals surface area (Å²) in [6.45, 7) is 8.79. The molecule has 0 radical (unpaired) electrons. The number of carbonyl (C=O) groups is 1. The van der Waals surface area contributed by atoms with Gasteiger partial charge in [0.1, 0.15) is 5.54 Å². The summed E-state index contributed by atoms with van der Waals surface area (Å²) in [5.74, 6) is 1.10. The summed E-state index contributed by atoms with van der Waals surface area (Å²) < 4.78 is 5.27. The molecule has 1 saturated carbocycles. The SMILES string of the molecule is CCCCCSC(C)CC(C)(NC1CC1)C(=O)OCC. The van der Waals surface area contributed by atoms with Gasteiger partial charge in [0, 0.05) is 11.3 Å². The first-order valence-corrected chi connectivity index (χ1v) is 9.13. The zero-order valence-electron chi connectivity index (χ0n) is 13.5. The van der Waals surface area contributed by atoms with Crippen LogP contribution in [0, 0.1) is 0 Å². The Morgan fingerprint density at radius 2 is 2.10 bits per heavy atom. The van der Waals surface area contributed by atoms with Crippen LogP contribution in [0.4, 0.5) is 0 Å². The van der Waals surface area contributed by atoms with Crippen LogP contribution in [-0.2, 0) is 9.53 Å². The second kappa shape index (κ2) is 8.93. The van der Waals surface area contributed by atoms with E-state index in [9.17, 15) is 4.79 Å². The summed E-state index contributed by atoms with van der Waals surface area (Å²) in [7, 11) is 0. The monoisotopic (exact) mass is 301 g/mol. The van der Waals surface area contributed by atoms with Crippen molar-refractivity contribution in [2.75, 3.05) is 12.4 Å². The smallest absolute Gasteiger partial charge is 0.326 e. The topological polar surface area (TPSA) is 38.3 Å². The number of esters is 1. The highest BCUT2D eigenvalue weighted by molar-refractivity contribution is 7.99. The largest absolute Gasteiger partial charge is 0.465 e. The van der Waals surface area contributed by atoms with E-state index in [1.807, 2.05) is 25.6 Å². The third kappa shape index (κ3) is 6.49. The Labute approximate surface area is 128 Å². The van der Waals surface area contributed by atoms with Crippen molar-refractivity contribution in [2.45, 2.75) is 83.1 Å². The van der Waals surface area contributed by atoms with Gasteiger partial charge < -0.3 is 4.74 Å². The van der Waals surface area contributed by atoms with E-state index in [-0.39, 0.29) is 5.97 Å². The van der Waals surface area contributed by atoms with Crippen molar-refractivity contribution in [3.63, 3.8) is 0 Å². The number of thioether (sulfide) groups is 1. The van der Waals surface area contributed by atoms with Crippen molar-refractivity contribution in [3.05, 3.63) is 0 Å². The van der Waals surface area contributed by atoms with Crippen molar-refractivity contribution in [2.24, 2.45) is 0 Å². The van der Waals surface area contributed by atoms with Crippen LogP contribution in [0.5, 0.6) is 0 Å². The summed E-state index contributed by atoms with van der Waals surface area (Å²) in [5.41, 5.74) is -0.519. The molecule has 0 aromatic rings. The minimum absolute atomic E-state index is 0.0899. The predicted molar refractivity (Wildman–Crippen MR) is 87.3 cm³/mol. The van der Waals surface area contributed by atoms with Crippen LogP contribution in [0.25, 0.3) is 0 Å². The van der Waals surface area contributed by atoms with E-state index in [0.717, 1.165) is 6.42 Å². The number of rotatable bonds is 11. The predicted octanol–water partition coefficient (Wildman–Crippen LogP) is 3.76. The van der Waals surface area contributed by atoms with Crippen molar-refractivity contribution in [1.82, 2.24) is 5.32 Å². The zero-order chi connectivity index (χ0) is 15.0. The highest BCUT2D eigenvalue weighted by Gasteiger charge is 2.40. The molecule has 0 bridgehead atoms. The van der Waals surface area contributed by atoms with Crippen LogP contribution in [0.2, 0.25) is 0 Å². The minimum atomic E-state index is -0.519. The fraction of sp³-hybridized carbons (Fsp3) is 0.938. The molecule has 0 aromatic carbocycles. The van der Waals surface area contributed by atoms with Gasteiger partial charge in [0.2, 0.25) is 0 Å². The third-order valence-electron chi connectivity index (χ3n) is 3.67. The summed E-state index contributed by atoms with van der Waals surface area (Å²) >= 11 is 1.98. The molecule has 1 fully saturated rings. The van der Waals surface area contributed by atoms with Gasteiger partial charge in [-0.25, -0.2) is 0 Å². The molecule has 4 heteroatoms. The quantitative estimate of drug-likeness (QED) is 0.466. The van der Waals surface area contributed by atoms with E-state index in [2.05, 4.69) is 19.2 Å². The molecule has 2 unspecified atom stereocenters. The van der Waals surface area contributed by atoms with Gasteiger partial charge in [-0.2, -0.15) is 11.8 Å². The highest BCUT2D eigenvalue weighted by Crippen LogP contribution is 2.29. The molecule has 118 valence electrons. The van der Waals surface area contributed by atoms with Crippen LogP contribution in [0.3, 0.4) is 0 Å². The number of unbranched alkanes of at least 4 members (excludes halogenated alkanes) is 2. The zero-order valence-corrected chi connectivity index (χ0v) is 14.4. The molecule has 0 heterocycles. The maximum absolute atomic E-state index is 12.2. The highest BCUT2D eigenvalue weighted by atomic mass is 32.2. The first kappa shape index (κ1) is 17.8. The van der Waals surface area contributed by atoms with Crippen LogP contribution < -0.4 is 5.32 Å². The molecular weight excluding hydrogens is 270 g/mol. The molecule has 1 rings (SSSR count). The lowest BCUT2D eigenvalue weighted by atomic mass is 9.95. The molecule has 0 amide bonds. The first-order valence-electron chi connectivity index (χ1n) is 8.08. The molecule has 20 heavy (non-hydrogen) atoms. The van der Waals surface area contributed by atoms with Gasteiger partial charge in [-0.1, -0.05) is 26.7 Å². The molecule has 3 nitrogen and oxygen atoms in total. The van der Waals surface area contributed by atoms with Gasteiger partial charge in [0.05, 0.1) is 6.61 Å². The average molecular weight is 301 g/mol. The Hall–Kier alpha value is -0.220. The number of nitrogens with one attached hydrogen (secondary N) is 1. The lowest BCUT2D eigenvalue weighted by Crippen LogP contribution is -2.52. The second-order valence-electron chi connectivity index (χ2n) is 6.06. The number of hydrogen-bond acceptors (Lipinski definition) is 4. The van der Waals surface area contributed by atoms with E-state index in [0.29, 0.717) is 17.9 Å². The normalized spacial score (nSPS) is 19.4. The molecule has 0 aromatic heterocycles. The Balaban J connectivity index is 2.43. The van der Waals surface area contributed by atoms with Crippen LogP contribution in [-0.4, -0.2) is 35.2 Å². The van der Waals surface area contributed by atoms with E-state index in [1.165, 1.54) is 37.9 Å². The third-order valence-corrected chi connectivity index (χ3v) is 4.93. The van der Waals surface area contributed by atoms with Gasteiger partial charge in [-0.3, -0.25) is 10.1 Å². The molecule has 1 aliphatic carbocycles. The van der Waals surface area contributed by atoms with E-state index in [4.69, 9.17) is 4.74 Å². The van der Waals surface area contributed by atoms with Gasteiger partial charge in [0.15, 0.2) is 0 Å². The number of ether oxygens (including phenoxy) is 1. The Morgan fingerprint density at radius 1 is 1.40 bits per heavy atom. The van der Waals surface area contributed by atoms with Crippen LogP contribution in [0.1, 0.15) is 66.2 Å². The molecule has 0 spiro atoms. The van der Waals surface area contributed by atoms with Crippen molar-refractivity contribution in [3.8, 4) is 0 Å². The van der Waals surface area contributed by atoms with Crippen molar-refractivity contribution < 1.29 is 9.53 Å². The molecule has 1 aliphatic rings. The van der Waals surface area contributed by atoms with E-state index >= 15 is 0 Å². The molecule has 2 atom stereocenters. The molecule has 0 saturated heterocycles. The minimum Gasteiger partial charge on any atom is -0.465 e. The van der Waals surface area contributed by atoms with Gasteiger partial charge in [0.25, 0.3) is 0 Å². The summed E-state index contributed by atoms with van der Waals surface area (Å²) in [6, 6.07) is 0.515. The average Bonchev–Trinajstić information content (AvgIpc) is 3.18. The number of carbonyl (C=O) groups excluding carboxylic acids is 1. The standard InChI is InChI=1S/C16H31NO2S/c1-5-7-8-11-20-13(3)12-16(4,15(18)19-6-2)17-14-9-10-14/h13-14,17H,5-12H2,1-4H3. The van der Waals surface area contributed by atoms with E-state index in [1.54, 1.807) is 0 Å². The maximum Gasteiger partial charge on any atom is 0.326 e. The van der Waals surface area contributed by atoms with Crippen LogP contribution >= 0.6 is 11.8 Å². The van der Waals surface area contributed by atoms with Gasteiger partial charge in [-0.15, -0.1) is 0 Å². The van der Waals surface area contributed by atoms with Gasteiger partial charge >= 0.3 is 5.97 Å². The summed E-state index contributed by atoms with van der Waals surface area (Å²) in [4.78, 5) is 12.2. The summed E-state index contributed by atoms with van der Waals surface area (Å²) in [6.07, 6.45) is 7.06. The Morgan fingerprint density at radius 3 is 2.65 bits per heavy atom. The summed E-state index contributed by atoms with van der Waals surface area (Å²) in [5, 5.41) is 3.98. The fourth-order valence-corrected chi connectivity index (χ4v) is 3.66. The molecular formula is C16H31NO2S. The van der Waals surface area contributed by atoms with Gasteiger partial charge in [-0.05, 0) is 45.3 Å². The van der Waals surface area contributed by atoms with Crippen molar-refractivity contribution in [1.29, 1.82) is 0 Å². The van der Waals surface area contributed by atoms with E-state index < -0.39 is 5.54 Å². The number of hydrogen-bond donors (Lipinski definition) is 1. The lowest BCUT2D eigenvalue weighted by molar-refractivity contribution is -0.150. The lowest BCUT2D eigenvalue weighted by Gasteiger charge is -2.31. The maximum atomic E-state index is 12.2. The Kier molecular flexibility index (Phi) is 7.96. The fourth-order valence-electron chi connectivity index (χ4n) is 2.44. The molecule has 1 N–H and O–H groups in total.